The first-order valence-electron chi connectivity index (χ1n) is 7.73. The summed E-state index contributed by atoms with van der Waals surface area (Å²) in [4.78, 5) is 5.14. The van der Waals surface area contributed by atoms with E-state index < -0.39 is 0 Å². The van der Waals surface area contributed by atoms with E-state index in [0.29, 0.717) is 11.5 Å². The maximum absolute atomic E-state index is 5.98. The van der Waals surface area contributed by atoms with Crippen molar-refractivity contribution in [3.63, 3.8) is 0 Å². The molecular formula is C17H29N3. The third kappa shape index (κ3) is 4.05. The van der Waals surface area contributed by atoms with Crippen LogP contribution in [0.2, 0.25) is 0 Å². The van der Waals surface area contributed by atoms with Gasteiger partial charge in [0.05, 0.1) is 0 Å². The van der Waals surface area contributed by atoms with Crippen LogP contribution in [0.25, 0.3) is 0 Å². The van der Waals surface area contributed by atoms with Crippen molar-refractivity contribution in [3.05, 3.63) is 35.9 Å². The highest BCUT2D eigenvalue weighted by atomic mass is 15.3. The second kappa shape index (κ2) is 6.70. The van der Waals surface area contributed by atoms with Crippen LogP contribution in [0, 0.1) is 0 Å². The predicted octanol–water partition coefficient (Wildman–Crippen LogP) is 2.14. The third-order valence-electron chi connectivity index (χ3n) is 4.36. The lowest BCUT2D eigenvalue weighted by molar-refractivity contribution is 0.0599. The Kier molecular flexibility index (Phi) is 5.19. The SMILES string of the molecule is CC(C)(C)N1CCN(CC(CN)c2ccccc2)CC1. The summed E-state index contributed by atoms with van der Waals surface area (Å²) in [7, 11) is 0. The molecule has 1 atom stereocenters. The normalized spacial score (nSPS) is 20.0. The molecule has 0 radical (unpaired) electrons. The van der Waals surface area contributed by atoms with Crippen LogP contribution in [-0.4, -0.2) is 54.6 Å². The summed E-state index contributed by atoms with van der Waals surface area (Å²) < 4.78 is 0. The highest BCUT2D eigenvalue weighted by Crippen LogP contribution is 2.19. The summed E-state index contributed by atoms with van der Waals surface area (Å²) in [6.07, 6.45) is 0. The molecule has 3 heteroatoms. The number of rotatable bonds is 4. The van der Waals surface area contributed by atoms with E-state index in [2.05, 4.69) is 60.9 Å². The van der Waals surface area contributed by atoms with Gasteiger partial charge < -0.3 is 10.6 Å². The molecule has 1 saturated heterocycles. The molecular weight excluding hydrogens is 246 g/mol. The summed E-state index contributed by atoms with van der Waals surface area (Å²) in [6.45, 7) is 13.3. The Balaban J connectivity index is 1.88. The van der Waals surface area contributed by atoms with Crippen molar-refractivity contribution in [3.8, 4) is 0 Å². The molecule has 1 fully saturated rings. The van der Waals surface area contributed by atoms with E-state index in [1.54, 1.807) is 0 Å². The van der Waals surface area contributed by atoms with Crippen LogP contribution in [0.1, 0.15) is 32.3 Å². The number of nitrogens with two attached hydrogens (primary N) is 1. The number of nitrogens with zero attached hydrogens (tertiary/aromatic N) is 2. The minimum Gasteiger partial charge on any atom is -0.330 e. The zero-order valence-corrected chi connectivity index (χ0v) is 13.2. The molecule has 1 unspecified atom stereocenters. The molecule has 0 spiro atoms. The van der Waals surface area contributed by atoms with Gasteiger partial charge in [0.2, 0.25) is 0 Å². The summed E-state index contributed by atoms with van der Waals surface area (Å²) in [5.74, 6) is 0.456. The Labute approximate surface area is 123 Å². The molecule has 1 aromatic carbocycles. The summed E-state index contributed by atoms with van der Waals surface area (Å²) in [5.41, 5.74) is 7.64. The maximum atomic E-state index is 5.98. The molecule has 2 rings (SSSR count). The highest BCUT2D eigenvalue weighted by molar-refractivity contribution is 5.20. The van der Waals surface area contributed by atoms with Crippen LogP contribution in [0.15, 0.2) is 30.3 Å². The Morgan fingerprint density at radius 3 is 2.15 bits per heavy atom. The van der Waals surface area contributed by atoms with Gasteiger partial charge in [-0.3, -0.25) is 4.90 Å². The zero-order valence-electron chi connectivity index (χ0n) is 13.2. The van der Waals surface area contributed by atoms with E-state index in [1.165, 1.54) is 5.56 Å². The van der Waals surface area contributed by atoms with Crippen LogP contribution in [-0.2, 0) is 0 Å². The largest absolute Gasteiger partial charge is 0.330 e. The molecule has 3 nitrogen and oxygen atoms in total. The monoisotopic (exact) mass is 275 g/mol. The van der Waals surface area contributed by atoms with Crippen LogP contribution in [0.5, 0.6) is 0 Å². The zero-order chi connectivity index (χ0) is 14.6. The number of piperazine rings is 1. The van der Waals surface area contributed by atoms with Gasteiger partial charge in [-0.2, -0.15) is 0 Å². The number of hydrogen-bond acceptors (Lipinski definition) is 3. The standard InChI is InChI=1S/C17H29N3/c1-17(2,3)20-11-9-19(10-12-20)14-16(13-18)15-7-5-4-6-8-15/h4-8,16H,9-14,18H2,1-3H3. The Morgan fingerprint density at radius 1 is 1.05 bits per heavy atom. The molecule has 0 saturated carbocycles. The lowest BCUT2D eigenvalue weighted by Gasteiger charge is -2.43. The van der Waals surface area contributed by atoms with Gasteiger partial charge in [0.25, 0.3) is 0 Å². The quantitative estimate of drug-likeness (QED) is 0.914. The van der Waals surface area contributed by atoms with Gasteiger partial charge in [-0.15, -0.1) is 0 Å². The van der Waals surface area contributed by atoms with Crippen LogP contribution < -0.4 is 5.73 Å². The summed E-state index contributed by atoms with van der Waals surface area (Å²) in [5, 5.41) is 0. The molecule has 1 heterocycles. The van der Waals surface area contributed by atoms with Gasteiger partial charge >= 0.3 is 0 Å². The Morgan fingerprint density at radius 2 is 1.65 bits per heavy atom. The van der Waals surface area contributed by atoms with Gasteiger partial charge in [0.15, 0.2) is 0 Å². The van der Waals surface area contributed by atoms with E-state index in [-0.39, 0.29) is 0 Å². The van der Waals surface area contributed by atoms with E-state index in [0.717, 1.165) is 39.3 Å². The van der Waals surface area contributed by atoms with E-state index in [9.17, 15) is 0 Å². The fourth-order valence-electron chi connectivity index (χ4n) is 2.95. The minimum atomic E-state index is 0.290. The Hall–Kier alpha value is -0.900. The van der Waals surface area contributed by atoms with Gasteiger partial charge in [-0.1, -0.05) is 30.3 Å². The van der Waals surface area contributed by atoms with Crippen molar-refractivity contribution in [2.75, 3.05) is 39.3 Å². The summed E-state index contributed by atoms with van der Waals surface area (Å²) in [6, 6.07) is 10.7. The fraction of sp³-hybridized carbons (Fsp3) is 0.647. The molecule has 1 aliphatic heterocycles. The number of benzene rings is 1. The molecule has 1 aliphatic rings. The Bertz CT molecular complexity index is 388. The molecule has 20 heavy (non-hydrogen) atoms. The van der Waals surface area contributed by atoms with Crippen LogP contribution >= 0.6 is 0 Å². The van der Waals surface area contributed by atoms with Crippen molar-refractivity contribution < 1.29 is 0 Å². The molecule has 0 aromatic heterocycles. The highest BCUT2D eigenvalue weighted by Gasteiger charge is 2.26. The molecule has 0 aliphatic carbocycles. The third-order valence-corrected chi connectivity index (χ3v) is 4.36. The molecule has 0 amide bonds. The van der Waals surface area contributed by atoms with E-state index in [1.807, 2.05) is 0 Å². The molecule has 112 valence electrons. The lowest BCUT2D eigenvalue weighted by atomic mass is 9.98. The van der Waals surface area contributed by atoms with Gasteiger partial charge in [0.1, 0.15) is 0 Å². The van der Waals surface area contributed by atoms with Gasteiger partial charge in [-0.05, 0) is 26.3 Å². The first-order valence-corrected chi connectivity index (χ1v) is 7.73. The maximum Gasteiger partial charge on any atom is 0.0126 e. The molecule has 0 bridgehead atoms. The van der Waals surface area contributed by atoms with E-state index >= 15 is 0 Å². The van der Waals surface area contributed by atoms with Crippen LogP contribution in [0.4, 0.5) is 0 Å². The van der Waals surface area contributed by atoms with Gasteiger partial charge in [-0.25, -0.2) is 0 Å². The lowest BCUT2D eigenvalue weighted by Crippen LogP contribution is -2.54. The first kappa shape index (κ1) is 15.5. The number of hydrogen-bond donors (Lipinski definition) is 1. The van der Waals surface area contributed by atoms with Crippen molar-refractivity contribution in [1.82, 2.24) is 9.80 Å². The van der Waals surface area contributed by atoms with Crippen molar-refractivity contribution in [2.24, 2.45) is 5.73 Å². The molecule has 1 aromatic rings. The smallest absolute Gasteiger partial charge is 0.0126 e. The van der Waals surface area contributed by atoms with Crippen molar-refractivity contribution >= 4 is 0 Å². The van der Waals surface area contributed by atoms with Crippen LogP contribution in [0.3, 0.4) is 0 Å². The van der Waals surface area contributed by atoms with Gasteiger partial charge in [0, 0.05) is 50.7 Å². The van der Waals surface area contributed by atoms with Crippen molar-refractivity contribution in [1.29, 1.82) is 0 Å². The average molecular weight is 275 g/mol. The summed E-state index contributed by atoms with van der Waals surface area (Å²) >= 11 is 0. The van der Waals surface area contributed by atoms with E-state index in [4.69, 9.17) is 5.73 Å². The second-order valence-corrected chi connectivity index (χ2v) is 6.80. The minimum absolute atomic E-state index is 0.290. The topological polar surface area (TPSA) is 32.5 Å². The predicted molar refractivity (Wildman–Crippen MR) is 86.0 cm³/mol. The van der Waals surface area contributed by atoms with Crippen molar-refractivity contribution in [2.45, 2.75) is 32.2 Å². The first-order chi connectivity index (χ1) is 9.50. The fourth-order valence-corrected chi connectivity index (χ4v) is 2.95. The molecule has 2 N–H and O–H groups in total. The average Bonchev–Trinajstić information content (AvgIpc) is 2.45. The second-order valence-electron chi connectivity index (χ2n) is 6.80.